The second kappa shape index (κ2) is 7.27. The zero-order valence-corrected chi connectivity index (χ0v) is 13.1. The lowest BCUT2D eigenvalue weighted by Gasteiger charge is -2.20. The van der Waals surface area contributed by atoms with Crippen molar-refractivity contribution in [3.63, 3.8) is 0 Å². The van der Waals surface area contributed by atoms with Crippen LogP contribution in [0, 0.1) is 6.92 Å². The molecule has 4 nitrogen and oxygen atoms in total. The van der Waals surface area contributed by atoms with Crippen molar-refractivity contribution in [3.05, 3.63) is 30.0 Å². The van der Waals surface area contributed by atoms with Crippen LogP contribution in [0.15, 0.2) is 24.4 Å². The summed E-state index contributed by atoms with van der Waals surface area (Å²) in [4.78, 5) is 4.54. The van der Waals surface area contributed by atoms with Gasteiger partial charge in [-0.3, -0.25) is 4.98 Å². The molecule has 4 heteroatoms. The number of methoxy groups -OCH3 is 1. The number of hydrogen-bond donors (Lipinski definition) is 2. The number of anilines is 1. The van der Waals surface area contributed by atoms with Crippen molar-refractivity contribution in [2.45, 2.75) is 39.2 Å². The molecule has 0 aliphatic carbocycles. The first-order valence-electron chi connectivity index (χ1n) is 7.59. The van der Waals surface area contributed by atoms with Gasteiger partial charge < -0.3 is 15.8 Å². The predicted molar refractivity (Wildman–Crippen MR) is 89.0 cm³/mol. The number of nitrogens with two attached hydrogens (primary N) is 1. The van der Waals surface area contributed by atoms with Gasteiger partial charge in [-0.15, -0.1) is 0 Å². The number of rotatable bonds is 7. The molecule has 114 valence electrons. The second-order valence-electron chi connectivity index (χ2n) is 5.38. The van der Waals surface area contributed by atoms with Crippen LogP contribution >= 0.6 is 0 Å². The maximum atomic E-state index is 5.62. The summed E-state index contributed by atoms with van der Waals surface area (Å²) >= 11 is 0. The Labute approximate surface area is 126 Å². The largest absolute Gasteiger partial charge is 0.497 e. The first-order valence-corrected chi connectivity index (χ1v) is 7.59. The Morgan fingerprint density at radius 1 is 1.38 bits per heavy atom. The molecule has 0 saturated carbocycles. The molecule has 1 atom stereocenters. The van der Waals surface area contributed by atoms with E-state index in [2.05, 4.69) is 24.1 Å². The molecule has 3 N–H and O–H groups in total. The minimum atomic E-state index is 0.408. The molecule has 0 unspecified atom stereocenters. The third kappa shape index (κ3) is 3.64. The lowest BCUT2D eigenvalue weighted by Crippen LogP contribution is -2.20. The number of aromatic nitrogens is 1. The zero-order valence-electron chi connectivity index (χ0n) is 13.1. The molecule has 0 saturated heterocycles. The molecule has 1 heterocycles. The van der Waals surface area contributed by atoms with Crippen LogP contribution < -0.4 is 15.8 Å². The number of pyridine rings is 1. The molecular weight excluding hydrogens is 262 g/mol. The number of aryl methyl sites for hydroxylation is 1. The molecule has 21 heavy (non-hydrogen) atoms. The van der Waals surface area contributed by atoms with Crippen LogP contribution in [0.1, 0.15) is 31.7 Å². The average molecular weight is 287 g/mol. The summed E-state index contributed by atoms with van der Waals surface area (Å²) in [6, 6.07) is 6.51. The van der Waals surface area contributed by atoms with Crippen LogP contribution in [-0.2, 0) is 0 Å². The molecule has 0 amide bonds. The van der Waals surface area contributed by atoms with Gasteiger partial charge in [0, 0.05) is 23.7 Å². The Morgan fingerprint density at radius 2 is 2.19 bits per heavy atom. The lowest BCUT2D eigenvalue weighted by atomic mass is 10.1. The first-order chi connectivity index (χ1) is 10.2. The quantitative estimate of drug-likeness (QED) is 0.818. The molecule has 0 spiro atoms. The van der Waals surface area contributed by atoms with Crippen LogP contribution in [0.25, 0.3) is 10.9 Å². The van der Waals surface area contributed by atoms with Crippen LogP contribution in [0.5, 0.6) is 5.75 Å². The van der Waals surface area contributed by atoms with Crippen molar-refractivity contribution in [1.29, 1.82) is 0 Å². The molecule has 2 aromatic rings. The highest BCUT2D eigenvalue weighted by Crippen LogP contribution is 2.30. The summed E-state index contributed by atoms with van der Waals surface area (Å²) in [6.45, 7) is 5.02. The number of benzene rings is 1. The summed E-state index contributed by atoms with van der Waals surface area (Å²) in [5, 5.41) is 4.74. The van der Waals surface area contributed by atoms with Gasteiger partial charge in [0.2, 0.25) is 0 Å². The Bertz CT molecular complexity index is 598. The van der Waals surface area contributed by atoms with Gasteiger partial charge in [-0.2, -0.15) is 0 Å². The van der Waals surface area contributed by atoms with Gasteiger partial charge >= 0.3 is 0 Å². The number of nitrogens with zero attached hydrogens (tertiary/aromatic N) is 1. The van der Waals surface area contributed by atoms with Gasteiger partial charge in [0.25, 0.3) is 0 Å². The van der Waals surface area contributed by atoms with Crippen molar-refractivity contribution in [2.75, 3.05) is 19.0 Å². The minimum Gasteiger partial charge on any atom is -0.497 e. The highest BCUT2D eigenvalue weighted by molar-refractivity contribution is 5.94. The standard InChI is InChI=1S/C17H25N3O/c1-4-13(6-5-8-18)20-16-11-14(21-3)10-15-12(2)7-9-19-17(15)16/h7,9-11,13,20H,4-6,8,18H2,1-3H3/t13-/m0/s1. The predicted octanol–water partition coefficient (Wildman–Crippen LogP) is 3.48. The van der Waals surface area contributed by atoms with Gasteiger partial charge in [0.05, 0.1) is 18.3 Å². The first kappa shape index (κ1) is 15.6. The molecule has 0 aliphatic heterocycles. The summed E-state index contributed by atoms with van der Waals surface area (Å²) in [7, 11) is 1.70. The SMILES string of the molecule is CC[C@@H](CCCN)Nc1cc(OC)cc2c(C)ccnc12. The van der Waals surface area contributed by atoms with E-state index in [1.165, 1.54) is 5.56 Å². The van der Waals surface area contributed by atoms with E-state index in [0.717, 1.165) is 48.1 Å². The van der Waals surface area contributed by atoms with E-state index in [4.69, 9.17) is 10.5 Å². The fourth-order valence-electron chi connectivity index (χ4n) is 2.55. The Balaban J connectivity index is 2.39. The van der Waals surface area contributed by atoms with Crippen LogP contribution in [0.2, 0.25) is 0 Å². The summed E-state index contributed by atoms with van der Waals surface area (Å²) < 4.78 is 5.43. The Morgan fingerprint density at radius 3 is 2.86 bits per heavy atom. The van der Waals surface area contributed by atoms with E-state index in [1.54, 1.807) is 7.11 Å². The van der Waals surface area contributed by atoms with Crippen molar-refractivity contribution in [3.8, 4) is 5.75 Å². The Hall–Kier alpha value is -1.81. The van der Waals surface area contributed by atoms with Gasteiger partial charge in [-0.25, -0.2) is 0 Å². The normalized spacial score (nSPS) is 12.4. The number of nitrogens with one attached hydrogen (secondary N) is 1. The van der Waals surface area contributed by atoms with Crippen molar-refractivity contribution >= 4 is 16.6 Å². The molecule has 0 aliphatic rings. The average Bonchev–Trinajstić information content (AvgIpc) is 2.51. The number of hydrogen-bond acceptors (Lipinski definition) is 4. The highest BCUT2D eigenvalue weighted by atomic mass is 16.5. The topological polar surface area (TPSA) is 60.2 Å². The molecule has 0 radical (unpaired) electrons. The fourth-order valence-corrected chi connectivity index (χ4v) is 2.55. The smallest absolute Gasteiger partial charge is 0.121 e. The maximum absolute atomic E-state index is 5.62. The third-order valence-electron chi connectivity index (χ3n) is 3.88. The van der Waals surface area contributed by atoms with E-state index in [1.807, 2.05) is 24.4 Å². The minimum absolute atomic E-state index is 0.408. The van der Waals surface area contributed by atoms with Gasteiger partial charge in [0.1, 0.15) is 5.75 Å². The highest BCUT2D eigenvalue weighted by Gasteiger charge is 2.12. The van der Waals surface area contributed by atoms with Crippen molar-refractivity contribution in [1.82, 2.24) is 4.98 Å². The summed E-state index contributed by atoms with van der Waals surface area (Å²) in [5.41, 5.74) is 8.87. The van der Waals surface area contributed by atoms with E-state index in [0.29, 0.717) is 6.04 Å². The second-order valence-corrected chi connectivity index (χ2v) is 5.38. The summed E-state index contributed by atoms with van der Waals surface area (Å²) in [5.74, 6) is 0.856. The van der Waals surface area contributed by atoms with Crippen LogP contribution in [-0.4, -0.2) is 24.7 Å². The fraction of sp³-hybridized carbons (Fsp3) is 0.471. The molecule has 1 aromatic heterocycles. The third-order valence-corrected chi connectivity index (χ3v) is 3.88. The molecule has 0 bridgehead atoms. The van der Waals surface area contributed by atoms with Crippen molar-refractivity contribution < 1.29 is 4.74 Å². The Kier molecular flexibility index (Phi) is 5.39. The van der Waals surface area contributed by atoms with Crippen molar-refractivity contribution in [2.24, 2.45) is 5.73 Å². The maximum Gasteiger partial charge on any atom is 0.121 e. The monoisotopic (exact) mass is 287 g/mol. The molecule has 2 rings (SSSR count). The van der Waals surface area contributed by atoms with Crippen LogP contribution in [0.4, 0.5) is 5.69 Å². The molecule has 0 fully saturated rings. The zero-order chi connectivity index (χ0) is 15.2. The van der Waals surface area contributed by atoms with E-state index >= 15 is 0 Å². The summed E-state index contributed by atoms with van der Waals surface area (Å²) in [6.07, 6.45) is 5.01. The number of fused-ring (bicyclic) bond motifs is 1. The van der Waals surface area contributed by atoms with Gasteiger partial charge in [0.15, 0.2) is 0 Å². The van der Waals surface area contributed by atoms with Crippen LogP contribution in [0.3, 0.4) is 0 Å². The number of ether oxygens (including phenoxy) is 1. The lowest BCUT2D eigenvalue weighted by molar-refractivity contribution is 0.415. The van der Waals surface area contributed by atoms with E-state index < -0.39 is 0 Å². The van der Waals surface area contributed by atoms with Gasteiger partial charge in [-0.1, -0.05) is 6.92 Å². The molecule has 1 aromatic carbocycles. The van der Waals surface area contributed by atoms with Gasteiger partial charge in [-0.05, 0) is 50.4 Å². The van der Waals surface area contributed by atoms with E-state index in [9.17, 15) is 0 Å². The van der Waals surface area contributed by atoms with E-state index in [-0.39, 0.29) is 0 Å². The molecular formula is C17H25N3O.